The van der Waals surface area contributed by atoms with Gasteiger partial charge in [0.2, 0.25) is 0 Å². The summed E-state index contributed by atoms with van der Waals surface area (Å²) in [6.07, 6.45) is 0. The topological polar surface area (TPSA) is 60.2 Å². The minimum Gasteiger partial charge on any atom is -0.378 e. The number of aromatic nitrogens is 3. The summed E-state index contributed by atoms with van der Waals surface area (Å²) in [4.78, 5) is 14.5. The maximum absolute atomic E-state index is 12.7. The standard InChI is InChI=1S/C27H25ClN4O2S/c28-24-9-5-4-8-23(24)25-29-30-27(32(25)18-20-6-2-1-3-7-20)35-19-21-10-12-22(13-11-21)26(33)31-14-16-34-17-15-31/h1-13H,14-19H2. The van der Waals surface area contributed by atoms with E-state index in [0.717, 1.165) is 27.7 Å². The minimum absolute atomic E-state index is 0.0551. The van der Waals surface area contributed by atoms with E-state index in [-0.39, 0.29) is 5.91 Å². The third-order valence-electron chi connectivity index (χ3n) is 5.88. The Hall–Kier alpha value is -3.13. The quantitative estimate of drug-likeness (QED) is 0.315. The highest BCUT2D eigenvalue weighted by Crippen LogP contribution is 2.31. The summed E-state index contributed by atoms with van der Waals surface area (Å²) in [6, 6.07) is 25.8. The Morgan fingerprint density at radius 2 is 1.60 bits per heavy atom. The lowest BCUT2D eigenvalue weighted by Gasteiger charge is -2.26. The van der Waals surface area contributed by atoms with Crippen molar-refractivity contribution in [1.29, 1.82) is 0 Å². The zero-order valence-electron chi connectivity index (χ0n) is 19.1. The summed E-state index contributed by atoms with van der Waals surface area (Å²) in [5.74, 6) is 1.51. The Labute approximate surface area is 213 Å². The molecule has 2 heterocycles. The van der Waals surface area contributed by atoms with Crippen LogP contribution in [0.25, 0.3) is 11.4 Å². The van der Waals surface area contributed by atoms with Gasteiger partial charge in [-0.2, -0.15) is 0 Å². The molecule has 4 aromatic rings. The maximum Gasteiger partial charge on any atom is 0.254 e. The average molecular weight is 505 g/mol. The highest BCUT2D eigenvalue weighted by atomic mass is 35.5. The number of hydrogen-bond donors (Lipinski definition) is 0. The molecule has 0 N–H and O–H groups in total. The van der Waals surface area contributed by atoms with E-state index < -0.39 is 0 Å². The van der Waals surface area contributed by atoms with E-state index in [0.29, 0.717) is 49.2 Å². The van der Waals surface area contributed by atoms with Crippen molar-refractivity contribution < 1.29 is 9.53 Å². The number of amides is 1. The normalized spacial score (nSPS) is 13.7. The summed E-state index contributed by atoms with van der Waals surface area (Å²) >= 11 is 8.10. The van der Waals surface area contributed by atoms with Gasteiger partial charge in [-0.3, -0.25) is 9.36 Å². The van der Waals surface area contributed by atoms with Crippen molar-refractivity contribution in [3.8, 4) is 11.4 Å². The SMILES string of the molecule is O=C(c1ccc(CSc2nnc(-c3ccccc3Cl)n2Cc2ccccc2)cc1)N1CCOCC1. The summed E-state index contributed by atoms with van der Waals surface area (Å²) in [5.41, 5.74) is 3.83. The molecule has 1 saturated heterocycles. The van der Waals surface area contributed by atoms with Crippen LogP contribution in [0, 0.1) is 0 Å². The van der Waals surface area contributed by atoms with E-state index in [1.54, 1.807) is 11.8 Å². The van der Waals surface area contributed by atoms with E-state index in [4.69, 9.17) is 16.3 Å². The fraction of sp³-hybridized carbons (Fsp3) is 0.222. The van der Waals surface area contributed by atoms with Gasteiger partial charge in [0.25, 0.3) is 5.91 Å². The lowest BCUT2D eigenvalue weighted by atomic mass is 10.1. The Bertz CT molecular complexity index is 1290. The van der Waals surface area contributed by atoms with Crippen LogP contribution in [0.15, 0.2) is 84.0 Å². The monoisotopic (exact) mass is 504 g/mol. The van der Waals surface area contributed by atoms with Gasteiger partial charge in [-0.05, 0) is 35.4 Å². The third-order valence-corrected chi connectivity index (χ3v) is 7.25. The van der Waals surface area contributed by atoms with E-state index in [2.05, 4.69) is 26.9 Å². The zero-order chi connectivity index (χ0) is 24.0. The first-order valence-corrected chi connectivity index (χ1v) is 12.9. The van der Waals surface area contributed by atoms with Crippen molar-refractivity contribution >= 4 is 29.3 Å². The first kappa shape index (κ1) is 23.6. The van der Waals surface area contributed by atoms with Crippen LogP contribution in [0.1, 0.15) is 21.5 Å². The molecule has 1 aliphatic rings. The molecule has 0 unspecified atom stereocenters. The van der Waals surface area contributed by atoms with Crippen LogP contribution in [0.3, 0.4) is 0 Å². The Balaban J connectivity index is 1.34. The van der Waals surface area contributed by atoms with Gasteiger partial charge in [-0.25, -0.2) is 0 Å². The Kier molecular flexibility index (Phi) is 7.47. The lowest BCUT2D eigenvalue weighted by molar-refractivity contribution is 0.0303. The van der Waals surface area contributed by atoms with E-state index in [1.165, 1.54) is 0 Å². The second-order valence-corrected chi connectivity index (χ2v) is 9.60. The Morgan fingerprint density at radius 3 is 2.34 bits per heavy atom. The van der Waals surface area contributed by atoms with Crippen molar-refractivity contribution in [3.05, 3.63) is 101 Å². The van der Waals surface area contributed by atoms with Crippen LogP contribution in [0.4, 0.5) is 0 Å². The van der Waals surface area contributed by atoms with E-state index in [1.807, 2.05) is 71.6 Å². The highest BCUT2D eigenvalue weighted by Gasteiger charge is 2.19. The first-order valence-electron chi connectivity index (χ1n) is 11.5. The molecule has 0 aliphatic carbocycles. The minimum atomic E-state index is 0.0551. The number of morpholine rings is 1. The molecule has 0 spiro atoms. The highest BCUT2D eigenvalue weighted by molar-refractivity contribution is 7.98. The zero-order valence-corrected chi connectivity index (χ0v) is 20.7. The van der Waals surface area contributed by atoms with Crippen molar-refractivity contribution in [2.75, 3.05) is 26.3 Å². The number of ether oxygens (including phenoxy) is 1. The summed E-state index contributed by atoms with van der Waals surface area (Å²) < 4.78 is 7.45. The van der Waals surface area contributed by atoms with Gasteiger partial charge in [0.15, 0.2) is 11.0 Å². The molecule has 1 aromatic heterocycles. The number of carbonyl (C=O) groups excluding carboxylic acids is 1. The molecule has 178 valence electrons. The molecule has 1 amide bonds. The van der Waals surface area contributed by atoms with Gasteiger partial charge in [0.05, 0.1) is 24.8 Å². The van der Waals surface area contributed by atoms with Crippen LogP contribution in [-0.4, -0.2) is 51.9 Å². The van der Waals surface area contributed by atoms with Crippen molar-refractivity contribution in [2.24, 2.45) is 0 Å². The molecule has 1 aliphatic heterocycles. The second kappa shape index (κ2) is 11.1. The predicted octanol–water partition coefficient (Wildman–Crippen LogP) is 5.41. The van der Waals surface area contributed by atoms with Crippen LogP contribution in [0.5, 0.6) is 0 Å². The maximum atomic E-state index is 12.7. The number of thioether (sulfide) groups is 1. The molecule has 3 aromatic carbocycles. The second-order valence-electron chi connectivity index (χ2n) is 8.25. The molecule has 0 atom stereocenters. The molecule has 0 bridgehead atoms. The number of benzene rings is 3. The molecule has 1 fully saturated rings. The largest absolute Gasteiger partial charge is 0.378 e. The van der Waals surface area contributed by atoms with Gasteiger partial charge < -0.3 is 9.64 Å². The number of halogens is 1. The van der Waals surface area contributed by atoms with Crippen molar-refractivity contribution in [2.45, 2.75) is 17.5 Å². The van der Waals surface area contributed by atoms with Gasteiger partial charge in [-0.15, -0.1) is 10.2 Å². The predicted molar refractivity (Wildman–Crippen MR) is 139 cm³/mol. The molecule has 0 radical (unpaired) electrons. The van der Waals surface area contributed by atoms with Crippen LogP contribution in [-0.2, 0) is 17.0 Å². The van der Waals surface area contributed by atoms with Crippen molar-refractivity contribution in [1.82, 2.24) is 19.7 Å². The fourth-order valence-electron chi connectivity index (χ4n) is 3.99. The van der Waals surface area contributed by atoms with Crippen LogP contribution in [0.2, 0.25) is 5.02 Å². The summed E-state index contributed by atoms with van der Waals surface area (Å²) in [7, 11) is 0. The van der Waals surface area contributed by atoms with E-state index in [9.17, 15) is 4.79 Å². The lowest BCUT2D eigenvalue weighted by Crippen LogP contribution is -2.40. The van der Waals surface area contributed by atoms with E-state index >= 15 is 0 Å². The number of nitrogens with zero attached hydrogens (tertiary/aromatic N) is 4. The number of carbonyl (C=O) groups is 1. The third kappa shape index (κ3) is 5.59. The van der Waals surface area contributed by atoms with Crippen molar-refractivity contribution in [3.63, 3.8) is 0 Å². The summed E-state index contributed by atoms with van der Waals surface area (Å²) in [6.45, 7) is 3.12. The molecule has 0 saturated carbocycles. The van der Waals surface area contributed by atoms with Crippen LogP contribution >= 0.6 is 23.4 Å². The molecule has 8 heteroatoms. The summed E-state index contributed by atoms with van der Waals surface area (Å²) in [5, 5.41) is 10.5. The number of rotatable bonds is 7. The average Bonchev–Trinajstić information content (AvgIpc) is 3.30. The van der Waals surface area contributed by atoms with Gasteiger partial charge in [0.1, 0.15) is 0 Å². The molecule has 5 rings (SSSR count). The first-order chi connectivity index (χ1) is 17.2. The fourth-order valence-corrected chi connectivity index (χ4v) is 5.10. The Morgan fingerprint density at radius 1 is 0.886 bits per heavy atom. The number of hydrogen-bond acceptors (Lipinski definition) is 5. The van der Waals surface area contributed by atoms with Gasteiger partial charge in [0, 0.05) is 30.0 Å². The van der Waals surface area contributed by atoms with Gasteiger partial charge in [-0.1, -0.05) is 78.0 Å². The molecular weight excluding hydrogens is 480 g/mol. The van der Waals surface area contributed by atoms with Gasteiger partial charge >= 0.3 is 0 Å². The molecular formula is C27H25ClN4O2S. The smallest absolute Gasteiger partial charge is 0.254 e. The van der Waals surface area contributed by atoms with Crippen LogP contribution < -0.4 is 0 Å². The molecule has 6 nitrogen and oxygen atoms in total. The molecule has 35 heavy (non-hydrogen) atoms.